The largest absolute Gasteiger partial charge is 0.0620 e. The van der Waals surface area contributed by atoms with Crippen LogP contribution in [0.1, 0.15) is 48.6 Å². The fourth-order valence-electron chi connectivity index (χ4n) is 3.01. The van der Waals surface area contributed by atoms with Crippen LogP contribution >= 0.6 is 0 Å². The van der Waals surface area contributed by atoms with E-state index in [9.17, 15) is 0 Å². The van der Waals surface area contributed by atoms with E-state index >= 15 is 0 Å². The highest BCUT2D eigenvalue weighted by Crippen LogP contribution is 2.49. The van der Waals surface area contributed by atoms with Crippen LogP contribution in [0.4, 0.5) is 0 Å². The highest BCUT2D eigenvalue weighted by molar-refractivity contribution is 5.39. The number of benzene rings is 1. The van der Waals surface area contributed by atoms with Gasteiger partial charge in [-0.15, -0.1) is 0 Å². The van der Waals surface area contributed by atoms with Crippen molar-refractivity contribution in [2.45, 2.75) is 37.5 Å². The quantitative estimate of drug-likeness (QED) is 0.542. The molecule has 0 heteroatoms. The van der Waals surface area contributed by atoms with Crippen LogP contribution in [-0.4, -0.2) is 0 Å². The van der Waals surface area contributed by atoms with E-state index in [-0.39, 0.29) is 0 Å². The molecule has 1 aromatic carbocycles. The number of rotatable bonds is 0. The van der Waals surface area contributed by atoms with Gasteiger partial charge in [-0.05, 0) is 42.2 Å². The fraction of sp³-hybridized carbons (Fsp3) is 0.500. The molecule has 0 amide bonds. The molecular weight excluding hydrogens is 144 g/mol. The number of hydrogen-bond donors (Lipinski definition) is 0. The third-order valence-electron chi connectivity index (χ3n) is 3.55. The molecule has 0 saturated heterocycles. The minimum Gasteiger partial charge on any atom is -0.0620 e. The molecule has 0 N–H and O–H groups in total. The second-order valence-electron chi connectivity index (χ2n) is 4.19. The Hall–Kier alpha value is -0.780. The monoisotopic (exact) mass is 158 g/mol. The first-order chi connectivity index (χ1) is 5.95. The third-order valence-corrected chi connectivity index (χ3v) is 3.55. The molecule has 2 atom stereocenters. The zero-order valence-electron chi connectivity index (χ0n) is 7.29. The Bertz CT molecular complexity index is 272. The first kappa shape index (κ1) is 6.71. The molecule has 12 heavy (non-hydrogen) atoms. The van der Waals surface area contributed by atoms with Crippen molar-refractivity contribution in [1.82, 2.24) is 0 Å². The summed E-state index contributed by atoms with van der Waals surface area (Å²) in [6.07, 6.45) is 5.77. The van der Waals surface area contributed by atoms with Gasteiger partial charge in [0, 0.05) is 0 Å². The normalized spacial score (nSPS) is 31.7. The predicted molar refractivity (Wildman–Crippen MR) is 50.4 cm³/mol. The second-order valence-corrected chi connectivity index (χ2v) is 4.19. The van der Waals surface area contributed by atoms with E-state index in [2.05, 4.69) is 24.3 Å². The van der Waals surface area contributed by atoms with Gasteiger partial charge in [-0.2, -0.15) is 0 Å². The van der Waals surface area contributed by atoms with Crippen molar-refractivity contribution < 1.29 is 0 Å². The van der Waals surface area contributed by atoms with Crippen molar-refractivity contribution in [3.05, 3.63) is 35.4 Å². The molecule has 2 unspecified atom stereocenters. The molecular formula is C12H14. The Kier molecular flexibility index (Phi) is 1.31. The van der Waals surface area contributed by atoms with Crippen LogP contribution in [0.5, 0.6) is 0 Å². The molecule has 3 rings (SSSR count). The molecule has 2 aliphatic carbocycles. The van der Waals surface area contributed by atoms with E-state index in [1.54, 1.807) is 11.1 Å². The highest BCUT2D eigenvalue weighted by Gasteiger charge is 2.33. The Morgan fingerprint density at radius 1 is 0.917 bits per heavy atom. The zero-order chi connectivity index (χ0) is 7.97. The lowest BCUT2D eigenvalue weighted by Crippen LogP contribution is -2.01. The summed E-state index contributed by atoms with van der Waals surface area (Å²) in [5, 5.41) is 0. The average molecular weight is 158 g/mol. The van der Waals surface area contributed by atoms with Gasteiger partial charge < -0.3 is 0 Å². The van der Waals surface area contributed by atoms with Gasteiger partial charge in [-0.25, -0.2) is 0 Å². The summed E-state index contributed by atoms with van der Waals surface area (Å²) in [7, 11) is 0. The van der Waals surface area contributed by atoms with Gasteiger partial charge in [0.05, 0.1) is 0 Å². The van der Waals surface area contributed by atoms with E-state index < -0.39 is 0 Å². The van der Waals surface area contributed by atoms with E-state index in [4.69, 9.17) is 0 Å². The van der Waals surface area contributed by atoms with Crippen LogP contribution in [-0.2, 0) is 0 Å². The van der Waals surface area contributed by atoms with Crippen molar-refractivity contribution in [2.24, 2.45) is 0 Å². The maximum absolute atomic E-state index is 2.34. The van der Waals surface area contributed by atoms with Gasteiger partial charge in [0.15, 0.2) is 0 Å². The summed E-state index contributed by atoms with van der Waals surface area (Å²) in [6.45, 7) is 0. The van der Waals surface area contributed by atoms with Crippen LogP contribution in [0.3, 0.4) is 0 Å². The van der Waals surface area contributed by atoms with Crippen LogP contribution in [0.2, 0.25) is 0 Å². The van der Waals surface area contributed by atoms with Gasteiger partial charge in [0.2, 0.25) is 0 Å². The van der Waals surface area contributed by atoms with Gasteiger partial charge in [0.1, 0.15) is 0 Å². The van der Waals surface area contributed by atoms with Crippen molar-refractivity contribution in [1.29, 1.82) is 0 Å². The topological polar surface area (TPSA) is 0 Å². The lowest BCUT2D eigenvalue weighted by atomic mass is 9.87. The van der Waals surface area contributed by atoms with Gasteiger partial charge in [-0.1, -0.05) is 30.7 Å². The molecule has 62 valence electrons. The third kappa shape index (κ3) is 0.782. The number of hydrogen-bond acceptors (Lipinski definition) is 0. The van der Waals surface area contributed by atoms with Crippen molar-refractivity contribution in [3.63, 3.8) is 0 Å². The molecule has 0 aliphatic heterocycles. The zero-order valence-corrected chi connectivity index (χ0v) is 7.29. The van der Waals surface area contributed by atoms with Crippen molar-refractivity contribution in [3.8, 4) is 0 Å². The molecule has 0 heterocycles. The van der Waals surface area contributed by atoms with Crippen LogP contribution in [0.25, 0.3) is 0 Å². The molecule has 0 nitrogen and oxygen atoms in total. The molecule has 0 radical (unpaired) electrons. The molecule has 1 saturated carbocycles. The SMILES string of the molecule is c1ccc2c(c1)C1CCCC2C1. The van der Waals surface area contributed by atoms with E-state index in [1.165, 1.54) is 25.7 Å². The van der Waals surface area contributed by atoms with Gasteiger partial charge in [0.25, 0.3) is 0 Å². The first-order valence-corrected chi connectivity index (χ1v) is 5.04. The standard InChI is InChI=1S/C12H14/c1-2-7-12-10-5-3-4-9(8-10)11(12)6-1/h1-2,6-7,9-10H,3-5,8H2. The average Bonchev–Trinajstić information content (AvgIpc) is 2.41. The first-order valence-electron chi connectivity index (χ1n) is 5.04. The minimum atomic E-state index is 0.917. The van der Waals surface area contributed by atoms with E-state index in [1.807, 2.05) is 0 Å². The maximum Gasteiger partial charge on any atom is -0.0153 e. The maximum atomic E-state index is 2.34. The predicted octanol–water partition coefficient (Wildman–Crippen LogP) is 3.44. The lowest BCUT2D eigenvalue weighted by molar-refractivity contribution is 0.435. The smallest absolute Gasteiger partial charge is 0.0153 e. The minimum absolute atomic E-state index is 0.917. The number of fused-ring (bicyclic) bond motifs is 5. The van der Waals surface area contributed by atoms with Gasteiger partial charge >= 0.3 is 0 Å². The Morgan fingerprint density at radius 3 is 2.08 bits per heavy atom. The van der Waals surface area contributed by atoms with E-state index in [0.29, 0.717) is 0 Å². The lowest BCUT2D eigenvalue weighted by Gasteiger charge is -2.18. The van der Waals surface area contributed by atoms with Crippen molar-refractivity contribution in [2.75, 3.05) is 0 Å². The summed E-state index contributed by atoms with van der Waals surface area (Å²) in [5.74, 6) is 1.83. The summed E-state index contributed by atoms with van der Waals surface area (Å²) in [4.78, 5) is 0. The molecule has 1 fully saturated rings. The van der Waals surface area contributed by atoms with Crippen LogP contribution in [0.15, 0.2) is 24.3 Å². The molecule has 2 bridgehead atoms. The van der Waals surface area contributed by atoms with Gasteiger partial charge in [-0.3, -0.25) is 0 Å². The van der Waals surface area contributed by atoms with Crippen LogP contribution < -0.4 is 0 Å². The Balaban J connectivity index is 2.16. The van der Waals surface area contributed by atoms with Crippen molar-refractivity contribution >= 4 is 0 Å². The summed E-state index contributed by atoms with van der Waals surface area (Å²) < 4.78 is 0. The Morgan fingerprint density at radius 2 is 1.50 bits per heavy atom. The summed E-state index contributed by atoms with van der Waals surface area (Å²) in [6, 6.07) is 9.07. The molecule has 1 aromatic rings. The fourth-order valence-corrected chi connectivity index (χ4v) is 3.01. The summed E-state index contributed by atoms with van der Waals surface area (Å²) in [5.41, 5.74) is 3.33. The molecule has 0 aromatic heterocycles. The molecule has 0 spiro atoms. The highest BCUT2D eigenvalue weighted by atomic mass is 14.4. The van der Waals surface area contributed by atoms with E-state index in [0.717, 1.165) is 11.8 Å². The second kappa shape index (κ2) is 2.35. The molecule has 2 aliphatic rings. The van der Waals surface area contributed by atoms with Crippen LogP contribution in [0, 0.1) is 0 Å². The Labute approximate surface area is 73.6 Å². The summed E-state index contributed by atoms with van der Waals surface area (Å²) >= 11 is 0.